The summed E-state index contributed by atoms with van der Waals surface area (Å²) in [7, 11) is 0. The van der Waals surface area contributed by atoms with Gasteiger partial charge in [-0.2, -0.15) is 10.5 Å². The molecule has 2 atom stereocenters. The van der Waals surface area contributed by atoms with Gasteiger partial charge in [0.05, 0.1) is 47.8 Å². The number of aromatic nitrogens is 1. The average molecular weight is 504 g/mol. The fourth-order valence-electron chi connectivity index (χ4n) is 4.52. The van der Waals surface area contributed by atoms with E-state index in [0.717, 1.165) is 11.3 Å². The highest BCUT2D eigenvalue weighted by Gasteiger charge is 2.34. The topological polar surface area (TPSA) is 117 Å². The number of hydrogen-bond acceptors (Lipinski definition) is 8. The lowest BCUT2D eigenvalue weighted by molar-refractivity contribution is 0.100. The lowest BCUT2D eigenvalue weighted by Crippen LogP contribution is -2.50. The molecule has 184 valence electrons. The van der Waals surface area contributed by atoms with Crippen molar-refractivity contribution in [3.63, 3.8) is 0 Å². The molecule has 8 nitrogen and oxygen atoms in total. The number of hydrogen-bond donors (Lipinski definition) is 2. The van der Waals surface area contributed by atoms with E-state index in [2.05, 4.69) is 26.9 Å². The number of aliphatic hydroxyl groups excluding tert-OH is 2. The van der Waals surface area contributed by atoms with E-state index in [9.17, 15) is 10.4 Å². The van der Waals surface area contributed by atoms with Crippen LogP contribution < -0.4 is 9.64 Å². The third-order valence-electron chi connectivity index (χ3n) is 6.30. The molecule has 1 aliphatic rings. The Morgan fingerprint density at radius 3 is 2.50 bits per heavy atom. The summed E-state index contributed by atoms with van der Waals surface area (Å²) in [5.74, 6) is 0.526. The van der Waals surface area contributed by atoms with Crippen molar-refractivity contribution in [1.82, 2.24) is 9.88 Å². The second-order valence-corrected chi connectivity index (χ2v) is 8.84. The van der Waals surface area contributed by atoms with Gasteiger partial charge >= 0.3 is 0 Å². The average Bonchev–Trinajstić information content (AvgIpc) is 2.93. The van der Waals surface area contributed by atoms with Gasteiger partial charge in [0.25, 0.3) is 0 Å². The molecule has 0 radical (unpaired) electrons. The fraction of sp³-hybridized carbons (Fsp3) is 0.296. The van der Waals surface area contributed by atoms with Gasteiger partial charge in [0.15, 0.2) is 0 Å². The normalized spacial score (nSPS) is 16.7. The zero-order valence-corrected chi connectivity index (χ0v) is 20.3. The van der Waals surface area contributed by atoms with E-state index < -0.39 is 0 Å². The minimum atomic E-state index is -0.334. The second-order valence-electron chi connectivity index (χ2n) is 8.40. The van der Waals surface area contributed by atoms with Crippen LogP contribution in [0.3, 0.4) is 0 Å². The van der Waals surface area contributed by atoms with E-state index in [4.69, 9.17) is 26.7 Å². The van der Waals surface area contributed by atoms with E-state index in [1.807, 2.05) is 30.3 Å². The Hall–Kier alpha value is -3.66. The van der Waals surface area contributed by atoms with Gasteiger partial charge in [0.1, 0.15) is 24.5 Å². The molecule has 0 bridgehead atoms. The van der Waals surface area contributed by atoms with Crippen LogP contribution in [0.25, 0.3) is 0 Å². The number of pyridine rings is 1. The first-order valence-corrected chi connectivity index (χ1v) is 12.0. The lowest BCUT2D eigenvalue weighted by atomic mass is 9.98. The number of nitrogens with zero attached hydrogens (tertiary/aromatic N) is 5. The highest BCUT2D eigenvalue weighted by atomic mass is 35.5. The molecule has 1 aromatic heterocycles. The summed E-state index contributed by atoms with van der Waals surface area (Å²) in [6, 6.07) is 20.4. The van der Waals surface area contributed by atoms with Crippen molar-refractivity contribution in [3.05, 3.63) is 88.2 Å². The largest absolute Gasteiger partial charge is 0.491 e. The zero-order valence-electron chi connectivity index (χ0n) is 19.6. The Balaban J connectivity index is 1.67. The maximum Gasteiger partial charge on any atom is 0.120 e. The summed E-state index contributed by atoms with van der Waals surface area (Å²) in [5.41, 5.74) is 3.45. The molecular formula is C27H26ClN5O3. The van der Waals surface area contributed by atoms with Crippen molar-refractivity contribution in [2.24, 2.45) is 0 Å². The third kappa shape index (κ3) is 5.59. The van der Waals surface area contributed by atoms with Crippen LogP contribution in [0.4, 0.5) is 5.69 Å². The van der Waals surface area contributed by atoms with Crippen molar-refractivity contribution in [3.8, 4) is 17.9 Å². The van der Waals surface area contributed by atoms with E-state index in [1.54, 1.807) is 24.3 Å². The molecule has 36 heavy (non-hydrogen) atoms. The predicted octanol–water partition coefficient (Wildman–Crippen LogP) is 3.45. The molecule has 3 aromatic rings. The third-order valence-corrected chi connectivity index (χ3v) is 6.55. The standard InChI is InChI=1S/C27H26ClN5O3/c28-22-4-2-20(3-5-22)26-17-32(27(18-35)24-7-1-19(14-29)16-31-24)9-10-33(26)25-8-6-23(36-12-11-34)13-21(25)15-30/h1-8,13,16,26-27,34-35H,9-12,17-18H2/t26-,27+/m0/s1. The van der Waals surface area contributed by atoms with Gasteiger partial charge in [-0.05, 0) is 48.0 Å². The Morgan fingerprint density at radius 2 is 1.86 bits per heavy atom. The first kappa shape index (κ1) is 25.4. The molecular weight excluding hydrogens is 478 g/mol. The molecule has 0 amide bonds. The van der Waals surface area contributed by atoms with Gasteiger partial charge < -0.3 is 19.8 Å². The summed E-state index contributed by atoms with van der Waals surface area (Å²) in [5, 5.41) is 38.9. The molecule has 2 N–H and O–H groups in total. The Morgan fingerprint density at radius 1 is 1.06 bits per heavy atom. The Bertz CT molecular complexity index is 1250. The molecule has 0 unspecified atom stereocenters. The van der Waals surface area contributed by atoms with Gasteiger partial charge in [0.2, 0.25) is 0 Å². The molecule has 0 aliphatic carbocycles. The Kier molecular flexibility index (Phi) is 8.37. The van der Waals surface area contributed by atoms with Crippen molar-refractivity contribution in [2.75, 3.05) is 44.4 Å². The van der Waals surface area contributed by atoms with E-state index in [0.29, 0.717) is 47.2 Å². The van der Waals surface area contributed by atoms with Gasteiger partial charge in [-0.3, -0.25) is 9.88 Å². The van der Waals surface area contributed by atoms with Crippen molar-refractivity contribution < 1.29 is 14.9 Å². The number of nitriles is 2. The van der Waals surface area contributed by atoms with Crippen molar-refractivity contribution in [1.29, 1.82) is 10.5 Å². The maximum atomic E-state index is 10.3. The van der Waals surface area contributed by atoms with Crippen LogP contribution in [0.2, 0.25) is 5.02 Å². The quantitative estimate of drug-likeness (QED) is 0.480. The van der Waals surface area contributed by atoms with E-state index >= 15 is 0 Å². The molecule has 4 rings (SSSR count). The Labute approximate surface area is 215 Å². The number of ether oxygens (including phenoxy) is 1. The number of rotatable bonds is 8. The van der Waals surface area contributed by atoms with Crippen LogP contribution in [-0.4, -0.2) is 59.6 Å². The molecule has 0 saturated carbocycles. The highest BCUT2D eigenvalue weighted by Crippen LogP contribution is 2.37. The van der Waals surface area contributed by atoms with Gasteiger partial charge in [-0.1, -0.05) is 23.7 Å². The molecule has 0 spiro atoms. The van der Waals surface area contributed by atoms with Crippen LogP contribution in [0.1, 0.15) is 34.5 Å². The molecule has 1 aliphatic heterocycles. The number of anilines is 1. The van der Waals surface area contributed by atoms with E-state index in [1.165, 1.54) is 6.20 Å². The summed E-state index contributed by atoms with van der Waals surface area (Å²) in [6.45, 7) is 1.73. The summed E-state index contributed by atoms with van der Waals surface area (Å²) in [6.07, 6.45) is 1.52. The fourth-order valence-corrected chi connectivity index (χ4v) is 4.64. The van der Waals surface area contributed by atoms with Crippen LogP contribution in [-0.2, 0) is 0 Å². The molecule has 9 heteroatoms. The SMILES string of the molecule is N#Cc1ccc([C@@H](CO)N2CCN(c3ccc(OCCO)cc3C#N)[C@H](c3ccc(Cl)cc3)C2)nc1. The summed E-state index contributed by atoms with van der Waals surface area (Å²) < 4.78 is 5.50. The lowest BCUT2D eigenvalue weighted by Gasteiger charge is -2.45. The molecule has 1 fully saturated rings. The van der Waals surface area contributed by atoms with Crippen LogP contribution in [0.15, 0.2) is 60.8 Å². The van der Waals surface area contributed by atoms with Crippen LogP contribution >= 0.6 is 11.6 Å². The number of halogens is 1. The van der Waals surface area contributed by atoms with Gasteiger partial charge in [-0.25, -0.2) is 0 Å². The van der Waals surface area contributed by atoms with Crippen molar-refractivity contribution in [2.45, 2.75) is 12.1 Å². The maximum absolute atomic E-state index is 10.3. The van der Waals surface area contributed by atoms with Crippen molar-refractivity contribution >= 4 is 17.3 Å². The summed E-state index contributed by atoms with van der Waals surface area (Å²) >= 11 is 6.15. The monoisotopic (exact) mass is 503 g/mol. The highest BCUT2D eigenvalue weighted by molar-refractivity contribution is 6.30. The first-order chi connectivity index (χ1) is 17.6. The molecule has 2 heterocycles. The van der Waals surface area contributed by atoms with Crippen LogP contribution in [0, 0.1) is 22.7 Å². The van der Waals surface area contributed by atoms with E-state index in [-0.39, 0.29) is 31.9 Å². The predicted molar refractivity (Wildman–Crippen MR) is 136 cm³/mol. The molecule has 1 saturated heterocycles. The zero-order chi connectivity index (χ0) is 25.5. The molecule has 2 aromatic carbocycles. The minimum Gasteiger partial charge on any atom is -0.491 e. The second kappa shape index (κ2) is 11.9. The number of aliphatic hydroxyl groups is 2. The van der Waals surface area contributed by atoms with Crippen LogP contribution in [0.5, 0.6) is 5.75 Å². The minimum absolute atomic E-state index is 0.107. The number of benzene rings is 2. The summed E-state index contributed by atoms with van der Waals surface area (Å²) in [4.78, 5) is 8.78. The first-order valence-electron chi connectivity index (χ1n) is 11.6. The smallest absolute Gasteiger partial charge is 0.120 e. The van der Waals surface area contributed by atoms with Gasteiger partial charge in [0, 0.05) is 30.9 Å². The number of piperazine rings is 1. The van der Waals surface area contributed by atoms with Gasteiger partial charge in [-0.15, -0.1) is 0 Å².